The van der Waals surface area contributed by atoms with Crippen LogP contribution < -0.4 is 5.73 Å². The molecule has 0 amide bonds. The van der Waals surface area contributed by atoms with E-state index in [4.69, 9.17) is 10.2 Å². The summed E-state index contributed by atoms with van der Waals surface area (Å²) in [6, 6.07) is 6.26. The Morgan fingerprint density at radius 1 is 1.42 bits per heavy atom. The maximum absolute atomic E-state index is 6.29. The first-order chi connectivity index (χ1) is 9.22. The van der Waals surface area contributed by atoms with E-state index in [1.807, 2.05) is 18.3 Å². The molecule has 0 aromatic carbocycles. The highest BCUT2D eigenvalue weighted by Gasteiger charge is 2.23. The lowest BCUT2D eigenvalue weighted by Gasteiger charge is -2.32. The highest BCUT2D eigenvalue weighted by atomic mass is 16.3. The maximum Gasteiger partial charge on any atom is 0.0947 e. The zero-order valence-electron chi connectivity index (χ0n) is 11.5. The molecule has 0 aliphatic heterocycles. The van der Waals surface area contributed by atoms with Crippen molar-refractivity contribution in [2.75, 3.05) is 7.05 Å². The van der Waals surface area contributed by atoms with Crippen molar-refractivity contribution in [3.05, 3.63) is 54.2 Å². The van der Waals surface area contributed by atoms with Crippen LogP contribution in [-0.4, -0.2) is 23.0 Å². The highest BCUT2D eigenvalue weighted by molar-refractivity contribution is 5.17. The summed E-state index contributed by atoms with van der Waals surface area (Å²) in [6.45, 7) is 2.92. The first-order valence-electron chi connectivity index (χ1n) is 6.59. The number of likely N-dealkylation sites (N-methyl/N-ethyl adjacent to an activating group) is 1. The van der Waals surface area contributed by atoms with Crippen LogP contribution >= 0.6 is 0 Å². The van der Waals surface area contributed by atoms with Gasteiger partial charge >= 0.3 is 0 Å². The normalized spacial score (nSPS) is 14.5. The topological polar surface area (TPSA) is 55.3 Å². The van der Waals surface area contributed by atoms with E-state index in [0.29, 0.717) is 0 Å². The Morgan fingerprint density at radius 3 is 2.84 bits per heavy atom. The number of nitrogens with zero attached hydrogens (tertiary/aromatic N) is 2. The number of furan rings is 1. The molecule has 2 aromatic rings. The van der Waals surface area contributed by atoms with Crippen LogP contribution in [0.15, 0.2) is 47.5 Å². The summed E-state index contributed by atoms with van der Waals surface area (Å²) in [5, 5.41) is 0. The van der Waals surface area contributed by atoms with Gasteiger partial charge in [-0.1, -0.05) is 13.0 Å². The molecular weight excluding hydrogens is 238 g/mol. The van der Waals surface area contributed by atoms with Gasteiger partial charge in [-0.15, -0.1) is 0 Å². The van der Waals surface area contributed by atoms with Crippen molar-refractivity contribution < 1.29 is 4.42 Å². The van der Waals surface area contributed by atoms with Crippen LogP contribution in [0.3, 0.4) is 0 Å². The standard InChI is InChI=1S/C15H21N3O/c1-3-14(16)15(13-5-4-7-17-9-13)18(2)10-12-6-8-19-11-12/h4-9,11,14-15H,3,10,16H2,1-2H3. The number of rotatable bonds is 6. The van der Waals surface area contributed by atoms with Crippen molar-refractivity contribution in [1.82, 2.24) is 9.88 Å². The van der Waals surface area contributed by atoms with E-state index >= 15 is 0 Å². The molecule has 19 heavy (non-hydrogen) atoms. The van der Waals surface area contributed by atoms with Crippen LogP contribution in [0.2, 0.25) is 0 Å². The molecule has 2 rings (SSSR count). The van der Waals surface area contributed by atoms with Crippen molar-refractivity contribution >= 4 is 0 Å². The molecule has 0 aliphatic carbocycles. The third-order valence-corrected chi connectivity index (χ3v) is 3.39. The Morgan fingerprint density at radius 2 is 2.26 bits per heavy atom. The van der Waals surface area contributed by atoms with E-state index in [1.165, 1.54) is 0 Å². The van der Waals surface area contributed by atoms with Crippen LogP contribution in [0.25, 0.3) is 0 Å². The Balaban J connectivity index is 2.18. The molecule has 2 N–H and O–H groups in total. The molecule has 0 fully saturated rings. The van der Waals surface area contributed by atoms with Gasteiger partial charge in [0.05, 0.1) is 18.6 Å². The van der Waals surface area contributed by atoms with Crippen molar-refractivity contribution in [3.63, 3.8) is 0 Å². The Labute approximate surface area is 114 Å². The largest absolute Gasteiger partial charge is 0.472 e. The van der Waals surface area contributed by atoms with Gasteiger partial charge in [-0.2, -0.15) is 0 Å². The minimum atomic E-state index is 0.0844. The number of hydrogen-bond acceptors (Lipinski definition) is 4. The van der Waals surface area contributed by atoms with E-state index in [2.05, 4.69) is 29.9 Å². The third-order valence-electron chi connectivity index (χ3n) is 3.39. The van der Waals surface area contributed by atoms with Gasteiger partial charge in [-0.3, -0.25) is 9.88 Å². The quantitative estimate of drug-likeness (QED) is 0.866. The SMILES string of the molecule is CCC(N)C(c1cccnc1)N(C)Cc1ccoc1. The zero-order valence-corrected chi connectivity index (χ0v) is 11.5. The fourth-order valence-electron chi connectivity index (χ4n) is 2.37. The van der Waals surface area contributed by atoms with Crippen molar-refractivity contribution in [2.45, 2.75) is 32.0 Å². The molecule has 2 aromatic heterocycles. The molecule has 0 aliphatic rings. The van der Waals surface area contributed by atoms with Gasteiger partial charge in [0.2, 0.25) is 0 Å². The second kappa shape index (κ2) is 6.50. The fraction of sp³-hybridized carbons (Fsp3) is 0.400. The van der Waals surface area contributed by atoms with Gasteiger partial charge in [0.25, 0.3) is 0 Å². The van der Waals surface area contributed by atoms with Crippen LogP contribution in [-0.2, 0) is 6.54 Å². The molecule has 2 unspecified atom stereocenters. The first kappa shape index (κ1) is 13.8. The smallest absolute Gasteiger partial charge is 0.0947 e. The summed E-state index contributed by atoms with van der Waals surface area (Å²) >= 11 is 0. The van der Waals surface area contributed by atoms with Gasteiger partial charge in [0, 0.05) is 30.5 Å². The van der Waals surface area contributed by atoms with Gasteiger partial charge < -0.3 is 10.2 Å². The molecule has 4 heteroatoms. The van der Waals surface area contributed by atoms with Crippen molar-refractivity contribution in [3.8, 4) is 0 Å². The monoisotopic (exact) mass is 259 g/mol. The minimum absolute atomic E-state index is 0.0844. The van der Waals surface area contributed by atoms with E-state index < -0.39 is 0 Å². The van der Waals surface area contributed by atoms with Crippen molar-refractivity contribution in [1.29, 1.82) is 0 Å². The number of hydrogen-bond donors (Lipinski definition) is 1. The molecule has 0 spiro atoms. The number of nitrogens with two attached hydrogens (primary N) is 1. The van der Waals surface area contributed by atoms with Crippen LogP contribution in [0.1, 0.15) is 30.5 Å². The highest BCUT2D eigenvalue weighted by Crippen LogP contribution is 2.24. The van der Waals surface area contributed by atoms with Gasteiger partial charge in [0.1, 0.15) is 0 Å². The molecule has 2 atom stereocenters. The third kappa shape index (κ3) is 3.43. The molecular formula is C15H21N3O. The van der Waals surface area contributed by atoms with Gasteiger partial charge in [-0.05, 0) is 31.2 Å². The first-order valence-corrected chi connectivity index (χ1v) is 6.59. The van der Waals surface area contributed by atoms with E-state index in [0.717, 1.165) is 24.1 Å². The second-order valence-electron chi connectivity index (χ2n) is 4.85. The van der Waals surface area contributed by atoms with Gasteiger partial charge in [-0.25, -0.2) is 0 Å². The molecule has 4 nitrogen and oxygen atoms in total. The molecule has 2 heterocycles. The predicted molar refractivity (Wildman–Crippen MR) is 75.4 cm³/mol. The summed E-state index contributed by atoms with van der Waals surface area (Å²) in [7, 11) is 2.08. The van der Waals surface area contributed by atoms with Crippen LogP contribution in [0, 0.1) is 0 Å². The van der Waals surface area contributed by atoms with Crippen molar-refractivity contribution in [2.24, 2.45) is 5.73 Å². The average Bonchev–Trinajstić information content (AvgIpc) is 2.93. The Bertz CT molecular complexity index is 469. The summed E-state index contributed by atoms with van der Waals surface area (Å²) < 4.78 is 5.12. The molecule has 0 saturated heterocycles. The van der Waals surface area contributed by atoms with Crippen LogP contribution in [0.5, 0.6) is 0 Å². The lowest BCUT2D eigenvalue weighted by Crippen LogP contribution is -2.38. The summed E-state index contributed by atoms with van der Waals surface area (Å²) in [5.74, 6) is 0. The summed E-state index contributed by atoms with van der Waals surface area (Å²) in [6.07, 6.45) is 8.08. The molecule has 0 saturated carbocycles. The molecule has 102 valence electrons. The predicted octanol–water partition coefficient (Wildman–Crippen LogP) is 2.59. The fourth-order valence-corrected chi connectivity index (χ4v) is 2.37. The van der Waals surface area contributed by atoms with Crippen LogP contribution in [0.4, 0.5) is 0 Å². The lowest BCUT2D eigenvalue weighted by atomic mass is 9.98. The van der Waals surface area contributed by atoms with E-state index in [9.17, 15) is 0 Å². The Hall–Kier alpha value is -1.65. The second-order valence-corrected chi connectivity index (χ2v) is 4.85. The summed E-state index contributed by atoms with van der Waals surface area (Å²) in [5.41, 5.74) is 8.59. The average molecular weight is 259 g/mol. The summed E-state index contributed by atoms with van der Waals surface area (Å²) in [4.78, 5) is 6.45. The zero-order chi connectivity index (χ0) is 13.7. The Kier molecular flexibility index (Phi) is 4.71. The van der Waals surface area contributed by atoms with E-state index in [-0.39, 0.29) is 12.1 Å². The number of aromatic nitrogens is 1. The van der Waals surface area contributed by atoms with E-state index in [1.54, 1.807) is 18.7 Å². The molecule has 0 radical (unpaired) electrons. The molecule has 0 bridgehead atoms. The lowest BCUT2D eigenvalue weighted by molar-refractivity contribution is 0.201. The number of pyridine rings is 1. The maximum atomic E-state index is 6.29. The minimum Gasteiger partial charge on any atom is -0.472 e. The van der Waals surface area contributed by atoms with Gasteiger partial charge in [0.15, 0.2) is 0 Å².